The van der Waals surface area contributed by atoms with E-state index in [1.807, 2.05) is 36.7 Å². The van der Waals surface area contributed by atoms with Crippen LogP contribution in [0.1, 0.15) is 11.4 Å². The summed E-state index contributed by atoms with van der Waals surface area (Å²) >= 11 is 0. The van der Waals surface area contributed by atoms with Crippen LogP contribution < -0.4 is 10.6 Å². The van der Waals surface area contributed by atoms with E-state index >= 15 is 0 Å². The molecule has 0 atom stereocenters. The largest absolute Gasteiger partial charge is 0.336 e. The van der Waals surface area contributed by atoms with E-state index in [4.69, 9.17) is 0 Å². The first-order valence-corrected chi connectivity index (χ1v) is 8.00. The number of nitrogens with zero attached hydrogens (tertiary/aromatic N) is 3. The predicted molar refractivity (Wildman–Crippen MR) is 90.6 cm³/mol. The van der Waals surface area contributed by atoms with E-state index in [-0.39, 0.29) is 12.1 Å². The van der Waals surface area contributed by atoms with Gasteiger partial charge in [-0.25, -0.2) is 14.5 Å². The molecule has 0 saturated carbocycles. The van der Waals surface area contributed by atoms with Crippen LogP contribution >= 0.6 is 0 Å². The number of urea groups is 2. The average molecular weight is 327 g/mol. The van der Waals surface area contributed by atoms with Gasteiger partial charge in [-0.1, -0.05) is 30.3 Å². The third-order valence-electron chi connectivity index (χ3n) is 4.15. The number of aryl methyl sites for hydroxylation is 1. The monoisotopic (exact) mass is 327 g/mol. The molecular weight excluding hydrogens is 306 g/mol. The van der Waals surface area contributed by atoms with E-state index < -0.39 is 0 Å². The van der Waals surface area contributed by atoms with Crippen LogP contribution in [0, 0.1) is 13.8 Å². The summed E-state index contributed by atoms with van der Waals surface area (Å²) in [5, 5.41) is 9.94. The third-order valence-corrected chi connectivity index (χ3v) is 4.15. The molecule has 126 valence electrons. The minimum absolute atomic E-state index is 0.343. The lowest BCUT2D eigenvalue weighted by Crippen LogP contribution is -2.42. The van der Waals surface area contributed by atoms with Crippen LogP contribution in [-0.4, -0.2) is 46.4 Å². The number of rotatable bonds is 4. The summed E-state index contributed by atoms with van der Waals surface area (Å²) in [5.41, 5.74) is 4.29. The van der Waals surface area contributed by atoms with Crippen molar-refractivity contribution < 1.29 is 9.59 Å². The Morgan fingerprint density at radius 3 is 2.71 bits per heavy atom. The zero-order chi connectivity index (χ0) is 17.1. The fourth-order valence-electron chi connectivity index (χ4n) is 2.97. The lowest BCUT2D eigenvalue weighted by atomic mass is 10.0. The summed E-state index contributed by atoms with van der Waals surface area (Å²) < 4.78 is 1.89. The molecule has 0 bridgehead atoms. The molecule has 1 fully saturated rings. The lowest BCUT2D eigenvalue weighted by Gasteiger charge is -2.13. The first kappa shape index (κ1) is 16.0. The van der Waals surface area contributed by atoms with E-state index in [1.54, 1.807) is 0 Å². The van der Waals surface area contributed by atoms with Crippen LogP contribution in [0.3, 0.4) is 0 Å². The van der Waals surface area contributed by atoms with Gasteiger partial charge < -0.3 is 10.6 Å². The molecule has 2 N–H and O–H groups in total. The van der Waals surface area contributed by atoms with Gasteiger partial charge in [0.15, 0.2) is 0 Å². The predicted octanol–water partition coefficient (Wildman–Crippen LogP) is 1.90. The Balaban J connectivity index is 1.64. The first-order valence-electron chi connectivity index (χ1n) is 8.00. The fraction of sp³-hybridized carbons (Fsp3) is 0.353. The maximum Gasteiger partial charge on any atom is 0.325 e. The molecule has 2 aromatic rings. The molecule has 24 heavy (non-hydrogen) atoms. The van der Waals surface area contributed by atoms with Crippen molar-refractivity contribution in [1.82, 2.24) is 25.3 Å². The van der Waals surface area contributed by atoms with Gasteiger partial charge in [-0.3, -0.25) is 4.68 Å². The molecule has 2 heterocycles. The summed E-state index contributed by atoms with van der Waals surface area (Å²) in [6.07, 6.45) is 0. The summed E-state index contributed by atoms with van der Waals surface area (Å²) in [5.74, 6) is 0. The quantitative estimate of drug-likeness (QED) is 0.900. The Labute approximate surface area is 140 Å². The molecule has 1 aliphatic rings. The van der Waals surface area contributed by atoms with Crippen molar-refractivity contribution in [2.45, 2.75) is 20.4 Å². The van der Waals surface area contributed by atoms with Gasteiger partial charge >= 0.3 is 12.1 Å². The highest BCUT2D eigenvalue weighted by Gasteiger charge is 2.25. The van der Waals surface area contributed by atoms with Gasteiger partial charge in [-0.15, -0.1) is 0 Å². The van der Waals surface area contributed by atoms with Crippen LogP contribution in [0.5, 0.6) is 0 Å². The van der Waals surface area contributed by atoms with E-state index in [9.17, 15) is 9.59 Å². The maximum atomic E-state index is 11.9. The number of nitrogens with one attached hydrogen (secondary N) is 2. The highest BCUT2D eigenvalue weighted by Crippen LogP contribution is 2.26. The number of benzene rings is 1. The number of carbonyl (C=O) groups is 2. The average Bonchev–Trinajstić information content (AvgIpc) is 3.12. The van der Waals surface area contributed by atoms with Gasteiger partial charge in [0.2, 0.25) is 0 Å². The van der Waals surface area contributed by atoms with E-state index in [0.717, 1.165) is 22.5 Å². The van der Waals surface area contributed by atoms with Gasteiger partial charge in [0.05, 0.1) is 12.2 Å². The summed E-state index contributed by atoms with van der Waals surface area (Å²) in [7, 11) is 0. The maximum absolute atomic E-state index is 11.9. The Hall–Kier alpha value is -2.83. The molecular formula is C17H21N5O2. The Morgan fingerprint density at radius 2 is 2.04 bits per heavy atom. The van der Waals surface area contributed by atoms with Crippen molar-refractivity contribution in [2.75, 3.05) is 19.6 Å². The number of hydrogen-bond donors (Lipinski definition) is 2. The minimum Gasteiger partial charge on any atom is -0.336 e. The van der Waals surface area contributed by atoms with E-state index in [2.05, 4.69) is 27.9 Å². The molecule has 1 aromatic carbocycles. The molecule has 0 radical (unpaired) electrons. The first-order chi connectivity index (χ1) is 11.6. The van der Waals surface area contributed by atoms with Crippen LogP contribution in [0.2, 0.25) is 0 Å². The van der Waals surface area contributed by atoms with Gasteiger partial charge in [-0.05, 0) is 19.4 Å². The molecule has 1 saturated heterocycles. The fourth-order valence-corrected chi connectivity index (χ4v) is 2.97. The summed E-state index contributed by atoms with van der Waals surface area (Å²) in [4.78, 5) is 24.6. The number of aromatic nitrogens is 2. The van der Waals surface area contributed by atoms with Crippen molar-refractivity contribution >= 4 is 12.1 Å². The highest BCUT2D eigenvalue weighted by atomic mass is 16.2. The molecule has 1 aliphatic heterocycles. The van der Waals surface area contributed by atoms with E-state index in [1.165, 1.54) is 4.90 Å². The topological polar surface area (TPSA) is 79.3 Å². The molecule has 0 aliphatic carbocycles. The summed E-state index contributed by atoms with van der Waals surface area (Å²) in [6.45, 7) is 5.89. The Bertz CT molecular complexity index is 754. The normalized spacial score (nSPS) is 13.9. The standard InChI is InChI=1S/C17H21N5O2/c1-12-15(14-6-4-3-5-7-14)13(2)22(20-12)11-9-19-17(24)21-10-8-18-16(21)23/h3-7H,8-11H2,1-2H3,(H,18,23)(H,19,24). The van der Waals surface area contributed by atoms with Crippen molar-refractivity contribution in [2.24, 2.45) is 0 Å². The molecule has 0 spiro atoms. The van der Waals surface area contributed by atoms with Crippen molar-refractivity contribution in [3.05, 3.63) is 41.7 Å². The minimum atomic E-state index is -0.366. The zero-order valence-corrected chi connectivity index (χ0v) is 13.9. The molecule has 7 heteroatoms. The van der Waals surface area contributed by atoms with Crippen LogP contribution in [0.25, 0.3) is 11.1 Å². The van der Waals surface area contributed by atoms with Crippen LogP contribution in [0.15, 0.2) is 30.3 Å². The van der Waals surface area contributed by atoms with Crippen LogP contribution in [-0.2, 0) is 6.54 Å². The lowest BCUT2D eigenvalue weighted by molar-refractivity contribution is 0.198. The Morgan fingerprint density at radius 1 is 1.29 bits per heavy atom. The zero-order valence-electron chi connectivity index (χ0n) is 13.9. The highest BCUT2D eigenvalue weighted by molar-refractivity contribution is 5.94. The molecule has 3 rings (SSSR count). The second-order valence-corrected chi connectivity index (χ2v) is 5.75. The third kappa shape index (κ3) is 3.10. The van der Waals surface area contributed by atoms with Gasteiger partial charge in [0.25, 0.3) is 0 Å². The molecule has 7 nitrogen and oxygen atoms in total. The second kappa shape index (κ2) is 6.74. The van der Waals surface area contributed by atoms with Gasteiger partial charge in [0, 0.05) is 30.9 Å². The van der Waals surface area contributed by atoms with Crippen molar-refractivity contribution in [1.29, 1.82) is 0 Å². The smallest absolute Gasteiger partial charge is 0.325 e. The van der Waals surface area contributed by atoms with E-state index in [0.29, 0.717) is 26.2 Å². The van der Waals surface area contributed by atoms with Crippen molar-refractivity contribution in [3.63, 3.8) is 0 Å². The van der Waals surface area contributed by atoms with Crippen molar-refractivity contribution in [3.8, 4) is 11.1 Å². The Kier molecular flexibility index (Phi) is 4.50. The van der Waals surface area contributed by atoms with Crippen LogP contribution in [0.4, 0.5) is 9.59 Å². The summed E-state index contributed by atoms with van der Waals surface area (Å²) in [6, 6.07) is 9.42. The molecule has 0 unspecified atom stereocenters. The molecule has 1 aromatic heterocycles. The SMILES string of the molecule is Cc1nn(CCNC(=O)N2CCNC2=O)c(C)c1-c1ccccc1. The second-order valence-electron chi connectivity index (χ2n) is 5.75. The number of imide groups is 1. The van der Waals surface area contributed by atoms with Gasteiger partial charge in [0.1, 0.15) is 0 Å². The number of amides is 4. The van der Waals surface area contributed by atoms with Gasteiger partial charge in [-0.2, -0.15) is 5.10 Å². The number of hydrogen-bond acceptors (Lipinski definition) is 3. The molecule has 4 amide bonds. The number of carbonyl (C=O) groups excluding carboxylic acids is 2.